The van der Waals surface area contributed by atoms with E-state index < -0.39 is 0 Å². The van der Waals surface area contributed by atoms with Gasteiger partial charge in [0.1, 0.15) is 29.9 Å². The molecule has 0 spiro atoms. The van der Waals surface area contributed by atoms with Crippen LogP contribution in [-0.2, 0) is 16.0 Å². The lowest BCUT2D eigenvalue weighted by Crippen LogP contribution is -2.51. The lowest BCUT2D eigenvalue weighted by Gasteiger charge is -2.42. The van der Waals surface area contributed by atoms with Crippen LogP contribution in [-0.4, -0.2) is 102 Å². The lowest BCUT2D eigenvalue weighted by molar-refractivity contribution is -0.0852. The molecule has 2 saturated heterocycles. The van der Waals surface area contributed by atoms with Crippen molar-refractivity contribution in [1.82, 2.24) is 44.9 Å². The van der Waals surface area contributed by atoms with Crippen LogP contribution in [0.1, 0.15) is 70.9 Å². The predicted octanol–water partition coefficient (Wildman–Crippen LogP) is 4.81. The van der Waals surface area contributed by atoms with Gasteiger partial charge in [0.2, 0.25) is 5.95 Å². The molecule has 1 saturated carbocycles. The molecule has 15 nitrogen and oxygen atoms in total. The van der Waals surface area contributed by atoms with Crippen molar-refractivity contribution >= 4 is 11.6 Å². The average Bonchev–Trinajstić information content (AvgIpc) is 3.81. The van der Waals surface area contributed by atoms with Crippen molar-refractivity contribution in [3.8, 4) is 28.8 Å². The number of tetrazole rings is 1. The van der Waals surface area contributed by atoms with Gasteiger partial charge in [0.15, 0.2) is 0 Å². The second kappa shape index (κ2) is 16.1. The summed E-state index contributed by atoms with van der Waals surface area (Å²) >= 11 is 0. The zero-order valence-corrected chi connectivity index (χ0v) is 29.6. The Hall–Kier alpha value is -4.65. The number of nitrogens with one attached hydrogen (secondary N) is 1. The SMILES string of the molecule is C[C@@H]1CN(C2CCC(n3cc(Nc4ncc(-c5ccc(C#N)c(O[C@@H](C)Cn6cnnn6)c5)cn4)c(OCC4CCOCC4)n3)CC2)C[C@H](C)O1. The lowest BCUT2D eigenvalue weighted by atomic mass is 9.89. The molecule has 1 aliphatic carbocycles. The van der Waals surface area contributed by atoms with E-state index in [1.54, 1.807) is 23.1 Å². The average molecular weight is 698 g/mol. The predicted molar refractivity (Wildman–Crippen MR) is 188 cm³/mol. The Morgan fingerprint density at radius 2 is 1.75 bits per heavy atom. The fourth-order valence-corrected chi connectivity index (χ4v) is 7.40. The van der Waals surface area contributed by atoms with Crippen LogP contribution in [0.3, 0.4) is 0 Å². The monoisotopic (exact) mass is 697 g/mol. The Balaban J connectivity index is 1.04. The van der Waals surface area contributed by atoms with Gasteiger partial charge >= 0.3 is 0 Å². The van der Waals surface area contributed by atoms with Crippen molar-refractivity contribution in [2.45, 2.75) is 96.2 Å². The minimum absolute atomic E-state index is 0.269. The number of benzene rings is 1. The molecule has 5 heterocycles. The summed E-state index contributed by atoms with van der Waals surface area (Å²) in [6.45, 7) is 10.8. The van der Waals surface area contributed by atoms with E-state index in [-0.39, 0.29) is 18.3 Å². The number of nitrogens with zero attached hydrogens (tertiary/aromatic N) is 10. The van der Waals surface area contributed by atoms with E-state index >= 15 is 0 Å². The molecule has 15 heteroatoms. The number of rotatable bonds is 12. The molecule has 270 valence electrons. The smallest absolute Gasteiger partial charge is 0.256 e. The molecule has 1 N–H and O–H groups in total. The van der Waals surface area contributed by atoms with Gasteiger partial charge in [-0.1, -0.05) is 6.07 Å². The highest BCUT2D eigenvalue weighted by molar-refractivity contribution is 5.67. The van der Waals surface area contributed by atoms with E-state index in [9.17, 15) is 5.26 Å². The van der Waals surface area contributed by atoms with Crippen molar-refractivity contribution in [3.63, 3.8) is 0 Å². The van der Waals surface area contributed by atoms with Gasteiger partial charge in [-0.05, 0) is 93.3 Å². The number of nitriles is 1. The molecule has 0 bridgehead atoms. The summed E-state index contributed by atoms with van der Waals surface area (Å²) in [5, 5.41) is 29.3. The van der Waals surface area contributed by atoms with Gasteiger partial charge in [-0.2, -0.15) is 5.26 Å². The van der Waals surface area contributed by atoms with Crippen LogP contribution in [0.4, 0.5) is 11.6 Å². The summed E-state index contributed by atoms with van der Waals surface area (Å²) in [5.41, 5.74) is 2.80. The largest absolute Gasteiger partial charge is 0.487 e. The van der Waals surface area contributed by atoms with Gasteiger partial charge in [0.05, 0.1) is 43.2 Å². The molecular formula is C36H47N11O4. The minimum Gasteiger partial charge on any atom is -0.487 e. The molecule has 2 aliphatic heterocycles. The van der Waals surface area contributed by atoms with Crippen molar-refractivity contribution in [2.75, 3.05) is 38.2 Å². The third kappa shape index (κ3) is 8.81. The summed E-state index contributed by atoms with van der Waals surface area (Å²) in [6.07, 6.45) is 13.7. The molecule has 0 amide bonds. The second-order valence-electron chi connectivity index (χ2n) is 14.1. The Morgan fingerprint density at radius 3 is 2.45 bits per heavy atom. The summed E-state index contributed by atoms with van der Waals surface area (Å²) in [7, 11) is 0. The molecular weight excluding hydrogens is 650 g/mol. The number of hydrogen-bond acceptors (Lipinski definition) is 13. The molecule has 7 rings (SSSR count). The summed E-state index contributed by atoms with van der Waals surface area (Å²) in [6, 6.07) is 8.53. The van der Waals surface area contributed by atoms with Crippen LogP contribution in [0.15, 0.2) is 43.1 Å². The highest BCUT2D eigenvalue weighted by Crippen LogP contribution is 2.36. The summed E-state index contributed by atoms with van der Waals surface area (Å²) in [5.74, 6) is 1.91. The summed E-state index contributed by atoms with van der Waals surface area (Å²) in [4.78, 5) is 11.9. The fraction of sp³-hybridized carbons (Fsp3) is 0.583. The molecule has 3 atom stereocenters. The Bertz CT molecular complexity index is 1740. The molecule has 51 heavy (non-hydrogen) atoms. The van der Waals surface area contributed by atoms with Crippen LogP contribution in [0.25, 0.3) is 11.1 Å². The third-order valence-electron chi connectivity index (χ3n) is 10.00. The minimum atomic E-state index is -0.269. The van der Waals surface area contributed by atoms with Crippen molar-refractivity contribution < 1.29 is 18.9 Å². The van der Waals surface area contributed by atoms with E-state index in [0.29, 0.717) is 54.3 Å². The highest BCUT2D eigenvalue weighted by Gasteiger charge is 2.32. The zero-order chi connectivity index (χ0) is 35.2. The molecule has 3 fully saturated rings. The first-order chi connectivity index (χ1) is 24.9. The number of ether oxygens (including phenoxy) is 4. The first-order valence-electron chi connectivity index (χ1n) is 18.1. The van der Waals surface area contributed by atoms with Crippen LogP contribution in [0, 0.1) is 17.2 Å². The number of aromatic nitrogens is 8. The first-order valence-corrected chi connectivity index (χ1v) is 18.1. The molecule has 0 radical (unpaired) electrons. The van der Waals surface area contributed by atoms with Crippen LogP contribution in [0.5, 0.6) is 11.6 Å². The van der Waals surface area contributed by atoms with E-state index in [0.717, 1.165) is 81.6 Å². The van der Waals surface area contributed by atoms with Crippen molar-refractivity contribution in [3.05, 3.63) is 48.7 Å². The highest BCUT2D eigenvalue weighted by atomic mass is 16.5. The van der Waals surface area contributed by atoms with Crippen LogP contribution >= 0.6 is 0 Å². The fourth-order valence-electron chi connectivity index (χ4n) is 7.40. The van der Waals surface area contributed by atoms with Gasteiger partial charge < -0.3 is 24.3 Å². The Kier molecular flexibility index (Phi) is 11.0. The van der Waals surface area contributed by atoms with Gasteiger partial charge in [0, 0.05) is 50.3 Å². The van der Waals surface area contributed by atoms with Crippen molar-refractivity contribution in [1.29, 1.82) is 5.26 Å². The van der Waals surface area contributed by atoms with Crippen LogP contribution < -0.4 is 14.8 Å². The standard InChI is InChI=1S/C36H47N11O4/c1-24-18-45(19-25(2)50-24)31-6-8-32(9-7-31)47-21-33(35(42-47)49-22-27-10-12-48-13-11-27)41-36-38-16-30(17-39-36)28-4-5-29(15-37)34(14-28)51-26(3)20-46-23-40-43-44-46/h4-5,14,16-17,21,23-27,31-32H,6-13,18-20,22H2,1-3H3,(H,38,39,41)/t24-,25+,26-,31?,32?/m0/s1. The molecule has 3 aromatic heterocycles. The quantitative estimate of drug-likeness (QED) is 0.215. The third-order valence-corrected chi connectivity index (χ3v) is 10.00. The van der Waals surface area contributed by atoms with Gasteiger partial charge in [-0.25, -0.2) is 14.6 Å². The number of anilines is 2. The second-order valence-corrected chi connectivity index (χ2v) is 14.1. The maximum absolute atomic E-state index is 9.70. The molecule has 4 aromatic rings. The zero-order valence-electron chi connectivity index (χ0n) is 29.6. The van der Waals surface area contributed by atoms with Gasteiger partial charge in [0.25, 0.3) is 5.88 Å². The van der Waals surface area contributed by atoms with E-state index in [1.807, 2.05) is 25.3 Å². The Labute approximate surface area is 298 Å². The Morgan fingerprint density at radius 1 is 1.00 bits per heavy atom. The topological polar surface area (TPSA) is 163 Å². The first kappa shape index (κ1) is 34.8. The maximum Gasteiger partial charge on any atom is 0.256 e. The van der Waals surface area contributed by atoms with E-state index in [4.69, 9.17) is 24.0 Å². The number of morpholine rings is 1. The number of hydrogen-bond donors (Lipinski definition) is 1. The maximum atomic E-state index is 9.70. The van der Waals surface area contributed by atoms with Crippen LogP contribution in [0.2, 0.25) is 0 Å². The molecule has 0 unspecified atom stereocenters. The summed E-state index contributed by atoms with van der Waals surface area (Å²) < 4.78 is 27.7. The van der Waals surface area contributed by atoms with Gasteiger partial charge in [-0.15, -0.1) is 10.2 Å². The van der Waals surface area contributed by atoms with Crippen molar-refractivity contribution in [2.24, 2.45) is 5.92 Å². The molecule has 3 aliphatic rings. The molecule has 1 aromatic carbocycles. The van der Waals surface area contributed by atoms with Gasteiger partial charge in [-0.3, -0.25) is 9.58 Å². The normalized spacial score (nSPS) is 23.7. The van der Waals surface area contributed by atoms with E-state index in [2.05, 4.69) is 60.3 Å². The van der Waals surface area contributed by atoms with E-state index in [1.165, 1.54) is 6.33 Å².